The Morgan fingerprint density at radius 1 is 1.00 bits per heavy atom. The van der Waals surface area contributed by atoms with Gasteiger partial charge in [-0.2, -0.15) is 0 Å². The van der Waals surface area contributed by atoms with E-state index < -0.39 is 15.3 Å². The number of hydrogen-bond acceptors (Lipinski definition) is 1. The lowest BCUT2D eigenvalue weighted by Crippen LogP contribution is -2.36. The Kier molecular flexibility index (Phi) is 3.24. The highest BCUT2D eigenvalue weighted by molar-refractivity contribution is 7.43. The Balaban J connectivity index is 3.75. The minimum Gasteiger partial charge on any atom is -0.434 e. The van der Waals surface area contributed by atoms with Crippen LogP contribution in [-0.2, 0) is 4.12 Å². The Morgan fingerprint density at radius 2 is 1.33 bits per heavy atom. The van der Waals surface area contributed by atoms with Crippen molar-refractivity contribution in [2.75, 3.05) is 0 Å². The van der Waals surface area contributed by atoms with Gasteiger partial charge in [-0.15, -0.1) is 22.2 Å². The molecule has 56 valence electrons. The summed E-state index contributed by atoms with van der Waals surface area (Å²) in [6, 6.07) is 0. The van der Waals surface area contributed by atoms with Gasteiger partial charge in [-0.1, -0.05) is 0 Å². The molecule has 0 amide bonds. The first-order chi connectivity index (χ1) is 3.71. The van der Waals surface area contributed by atoms with Crippen LogP contribution in [0.2, 0.25) is 26.2 Å². The Hall–Kier alpha value is 0.974. The quantitative estimate of drug-likeness (QED) is 0.495. The fourth-order valence-corrected chi connectivity index (χ4v) is 9.00. The fourth-order valence-electron chi connectivity index (χ4n) is 0.538. The van der Waals surface area contributed by atoms with E-state index in [1.807, 2.05) is 0 Å². The maximum Gasteiger partial charge on any atom is 0.376 e. The minimum absolute atomic E-state index is 1.49. The van der Waals surface area contributed by atoms with Gasteiger partial charge in [-0.3, -0.25) is 0 Å². The van der Waals surface area contributed by atoms with Gasteiger partial charge in [-0.25, -0.2) is 0 Å². The van der Waals surface area contributed by atoms with E-state index in [4.69, 9.17) is 26.3 Å². The van der Waals surface area contributed by atoms with Crippen LogP contribution in [0.15, 0.2) is 0 Å². The van der Waals surface area contributed by atoms with E-state index in [0.717, 1.165) is 0 Å². The summed E-state index contributed by atoms with van der Waals surface area (Å²) in [5, 5.41) is 0. The van der Waals surface area contributed by atoms with Gasteiger partial charge in [0.05, 0.1) is 0 Å². The summed E-state index contributed by atoms with van der Waals surface area (Å²) in [5.41, 5.74) is 0. The van der Waals surface area contributed by atoms with Gasteiger partial charge >= 0.3 is 6.94 Å². The van der Waals surface area contributed by atoms with Gasteiger partial charge in [0, 0.05) is 0 Å². The highest BCUT2D eigenvalue weighted by Gasteiger charge is 2.30. The first-order valence-electron chi connectivity index (χ1n) is 2.79. The molecule has 0 aromatic rings. The molecule has 0 heterocycles. The van der Waals surface area contributed by atoms with Crippen LogP contribution in [0, 0.1) is 0 Å². The number of hydrogen-bond donors (Lipinski definition) is 0. The second kappa shape index (κ2) is 2.92. The molecule has 0 aliphatic carbocycles. The van der Waals surface area contributed by atoms with Crippen molar-refractivity contribution in [3.05, 3.63) is 0 Å². The summed E-state index contributed by atoms with van der Waals surface area (Å²) in [6.07, 6.45) is 0. The lowest BCUT2D eigenvalue weighted by Gasteiger charge is -2.23. The molecule has 0 spiro atoms. The van der Waals surface area contributed by atoms with E-state index in [1.54, 1.807) is 6.55 Å². The third-order valence-electron chi connectivity index (χ3n) is 0.485. The highest BCUT2D eigenvalue weighted by Crippen LogP contribution is 2.20. The second-order valence-corrected chi connectivity index (χ2v) is 14.6. The van der Waals surface area contributed by atoms with Crippen molar-refractivity contribution in [2.45, 2.75) is 26.2 Å². The molecule has 0 aliphatic heterocycles. The zero-order chi connectivity index (χ0) is 7.71. The van der Waals surface area contributed by atoms with E-state index >= 15 is 0 Å². The average molecular weight is 203 g/mol. The van der Waals surface area contributed by atoms with E-state index in [0.29, 0.717) is 0 Å². The van der Waals surface area contributed by atoms with E-state index in [-0.39, 0.29) is 0 Å². The fraction of sp³-hybridized carbons (Fsp3) is 1.00. The van der Waals surface area contributed by atoms with E-state index in [1.165, 1.54) is 0 Å². The van der Waals surface area contributed by atoms with Crippen LogP contribution in [0.4, 0.5) is 0 Å². The molecule has 9 heavy (non-hydrogen) atoms. The molecule has 5 heteroatoms. The van der Waals surface area contributed by atoms with Gasteiger partial charge in [0.15, 0.2) is 8.32 Å². The summed E-state index contributed by atoms with van der Waals surface area (Å²) >= 11 is 11.5. The molecule has 0 N–H and O–H groups in total. The number of rotatable bonds is 2. The van der Waals surface area contributed by atoms with Crippen LogP contribution in [0.3, 0.4) is 0 Å². The molecule has 0 saturated heterocycles. The van der Waals surface area contributed by atoms with Crippen molar-refractivity contribution in [1.29, 1.82) is 0 Å². The summed E-state index contributed by atoms with van der Waals surface area (Å²) in [5.74, 6) is 0. The normalized spacial score (nSPS) is 14.0. The van der Waals surface area contributed by atoms with Gasteiger partial charge < -0.3 is 4.12 Å². The third kappa shape index (κ3) is 8.97. The molecule has 0 aromatic heterocycles. The second-order valence-electron chi connectivity index (χ2n) is 3.02. The molecule has 0 bridgehead atoms. The SMILES string of the molecule is C[Si](C)(C)O[Si](C)(Cl)Cl. The van der Waals surface area contributed by atoms with E-state index in [9.17, 15) is 0 Å². The van der Waals surface area contributed by atoms with Crippen molar-refractivity contribution in [3.63, 3.8) is 0 Å². The molecule has 0 fully saturated rings. The predicted octanol–water partition coefficient (Wildman–Crippen LogP) is 2.88. The predicted molar refractivity (Wildman–Crippen MR) is 47.8 cm³/mol. The monoisotopic (exact) mass is 202 g/mol. The Bertz CT molecular complexity index is 81.7. The Morgan fingerprint density at radius 3 is 1.33 bits per heavy atom. The van der Waals surface area contributed by atoms with Gasteiger partial charge in [0.2, 0.25) is 0 Å². The molecular formula is C4H12Cl2OSi2. The summed E-state index contributed by atoms with van der Waals surface area (Å²) in [4.78, 5) is 0. The van der Waals surface area contributed by atoms with Crippen molar-refractivity contribution in [1.82, 2.24) is 0 Å². The average Bonchev–Trinajstić information content (AvgIpc) is 1.14. The largest absolute Gasteiger partial charge is 0.434 e. The van der Waals surface area contributed by atoms with Crippen molar-refractivity contribution in [3.8, 4) is 0 Å². The molecule has 0 aromatic carbocycles. The van der Waals surface area contributed by atoms with Gasteiger partial charge in [0.25, 0.3) is 0 Å². The molecule has 0 saturated carbocycles. The maximum atomic E-state index is 5.73. The molecule has 0 aliphatic rings. The van der Waals surface area contributed by atoms with Crippen LogP contribution < -0.4 is 0 Å². The molecule has 0 unspecified atom stereocenters. The van der Waals surface area contributed by atoms with E-state index in [2.05, 4.69) is 19.6 Å². The highest BCUT2D eigenvalue weighted by atomic mass is 35.7. The Labute approximate surface area is 68.0 Å². The van der Waals surface area contributed by atoms with Gasteiger partial charge in [-0.05, 0) is 26.2 Å². The maximum absolute atomic E-state index is 5.73. The third-order valence-corrected chi connectivity index (χ3v) is 5.76. The molecule has 0 atom stereocenters. The van der Waals surface area contributed by atoms with Crippen LogP contribution in [0.5, 0.6) is 0 Å². The number of halogens is 2. The minimum atomic E-state index is -2.29. The zero-order valence-corrected chi connectivity index (χ0v) is 9.68. The van der Waals surface area contributed by atoms with Crippen LogP contribution in [0.25, 0.3) is 0 Å². The first kappa shape index (κ1) is 9.97. The van der Waals surface area contributed by atoms with Gasteiger partial charge in [0.1, 0.15) is 0 Å². The lowest BCUT2D eigenvalue weighted by molar-refractivity contribution is 0.587. The smallest absolute Gasteiger partial charge is 0.376 e. The summed E-state index contributed by atoms with van der Waals surface area (Å²) < 4.78 is 5.43. The zero-order valence-electron chi connectivity index (χ0n) is 6.16. The summed E-state index contributed by atoms with van der Waals surface area (Å²) in [7, 11) is -1.49. The molecular weight excluding hydrogens is 191 g/mol. The molecule has 0 radical (unpaired) electrons. The van der Waals surface area contributed by atoms with Crippen LogP contribution >= 0.6 is 22.2 Å². The van der Waals surface area contributed by atoms with Crippen LogP contribution in [0.1, 0.15) is 0 Å². The summed E-state index contributed by atoms with van der Waals surface area (Å²) in [6.45, 7) is 5.70. The van der Waals surface area contributed by atoms with Crippen molar-refractivity contribution >= 4 is 37.4 Å². The van der Waals surface area contributed by atoms with Crippen molar-refractivity contribution < 1.29 is 4.12 Å². The topological polar surface area (TPSA) is 9.23 Å². The lowest BCUT2D eigenvalue weighted by atomic mass is 11.8. The molecule has 1 nitrogen and oxygen atoms in total. The van der Waals surface area contributed by atoms with Crippen molar-refractivity contribution in [2.24, 2.45) is 0 Å². The molecule has 0 rings (SSSR count). The standard InChI is InChI=1S/C4H12Cl2OSi2/c1-8(2,3)7-9(4,5)6/h1-4H3. The van der Waals surface area contributed by atoms with Crippen LogP contribution in [-0.4, -0.2) is 15.3 Å². The first-order valence-corrected chi connectivity index (χ1v) is 10.6.